The van der Waals surface area contributed by atoms with Gasteiger partial charge in [0.1, 0.15) is 0 Å². The summed E-state index contributed by atoms with van der Waals surface area (Å²) in [4.78, 5) is 24.6. The van der Waals surface area contributed by atoms with Crippen LogP contribution in [0.25, 0.3) is 6.08 Å². The third-order valence-electron chi connectivity index (χ3n) is 4.42. The van der Waals surface area contributed by atoms with E-state index in [4.69, 9.17) is 4.74 Å². The fourth-order valence-corrected chi connectivity index (χ4v) is 3.00. The predicted molar refractivity (Wildman–Crippen MR) is 89.7 cm³/mol. The summed E-state index contributed by atoms with van der Waals surface area (Å²) in [5, 5.41) is 0. The Labute approximate surface area is 135 Å². The molecule has 0 N–H and O–H groups in total. The summed E-state index contributed by atoms with van der Waals surface area (Å²) in [7, 11) is 1.36. The number of ether oxygens (including phenoxy) is 1. The highest BCUT2D eigenvalue weighted by Gasteiger charge is 2.27. The van der Waals surface area contributed by atoms with Gasteiger partial charge in [0.2, 0.25) is 0 Å². The van der Waals surface area contributed by atoms with E-state index in [2.05, 4.69) is 0 Å². The molecule has 0 aromatic heterocycles. The summed E-state index contributed by atoms with van der Waals surface area (Å²) in [5.74, 6) is -0.340. The van der Waals surface area contributed by atoms with Gasteiger partial charge in [0.05, 0.1) is 12.7 Å². The second-order valence-corrected chi connectivity index (χ2v) is 5.80. The van der Waals surface area contributed by atoms with Crippen LogP contribution in [-0.2, 0) is 11.2 Å². The van der Waals surface area contributed by atoms with Crippen LogP contribution in [0.5, 0.6) is 0 Å². The first-order valence-electron chi connectivity index (χ1n) is 7.54. The Morgan fingerprint density at radius 1 is 1.13 bits per heavy atom. The Bertz CT molecular complexity index is 844. The number of ketones is 1. The van der Waals surface area contributed by atoms with Gasteiger partial charge in [-0.1, -0.05) is 30.3 Å². The number of fused-ring (bicyclic) bond motifs is 1. The number of allylic oxidation sites excluding steroid dienone is 1. The molecule has 2 aromatic rings. The largest absolute Gasteiger partial charge is 0.465 e. The quantitative estimate of drug-likeness (QED) is 0.624. The first kappa shape index (κ1) is 15.2. The standard InChI is InChI=1S/C20H18O3/c1-12-8-9-15-11-16(19(21)18(15)13(12)2)10-14-6-4-5-7-17(14)20(22)23-3/h4-10H,11H2,1-3H3/b16-10+. The Kier molecular flexibility index (Phi) is 3.87. The van der Waals surface area contributed by atoms with Crippen molar-refractivity contribution in [1.29, 1.82) is 0 Å². The number of carbonyl (C=O) groups excluding carboxylic acids is 2. The molecule has 3 heteroatoms. The van der Waals surface area contributed by atoms with Crippen molar-refractivity contribution in [1.82, 2.24) is 0 Å². The van der Waals surface area contributed by atoms with E-state index in [-0.39, 0.29) is 5.78 Å². The SMILES string of the molecule is COC(=O)c1ccccc1/C=C1\Cc2ccc(C)c(C)c2C1=O. The number of rotatable bonds is 2. The summed E-state index contributed by atoms with van der Waals surface area (Å²) in [6, 6.07) is 11.2. The number of hydrogen-bond acceptors (Lipinski definition) is 3. The van der Waals surface area contributed by atoms with Gasteiger partial charge >= 0.3 is 5.97 Å². The molecule has 116 valence electrons. The van der Waals surface area contributed by atoms with Crippen molar-refractivity contribution in [2.45, 2.75) is 20.3 Å². The maximum absolute atomic E-state index is 12.7. The monoisotopic (exact) mass is 306 g/mol. The van der Waals surface area contributed by atoms with Crippen LogP contribution in [0.2, 0.25) is 0 Å². The molecule has 0 spiro atoms. The highest BCUT2D eigenvalue weighted by molar-refractivity contribution is 6.16. The van der Waals surface area contributed by atoms with Gasteiger partial charge in [-0.3, -0.25) is 4.79 Å². The smallest absolute Gasteiger partial charge is 0.338 e. The minimum atomic E-state index is -0.396. The highest BCUT2D eigenvalue weighted by Crippen LogP contribution is 2.32. The summed E-state index contributed by atoms with van der Waals surface area (Å²) in [6.45, 7) is 3.99. The van der Waals surface area contributed by atoms with Gasteiger partial charge in [-0.05, 0) is 48.2 Å². The normalized spacial score (nSPS) is 14.9. The van der Waals surface area contributed by atoms with Gasteiger partial charge in [0.15, 0.2) is 5.78 Å². The van der Waals surface area contributed by atoms with Crippen molar-refractivity contribution in [3.63, 3.8) is 0 Å². The number of hydrogen-bond donors (Lipinski definition) is 0. The Balaban J connectivity index is 2.06. The van der Waals surface area contributed by atoms with Crippen molar-refractivity contribution in [2.75, 3.05) is 7.11 Å². The predicted octanol–water partition coefficient (Wildman–Crippen LogP) is 3.91. The molecule has 0 unspecified atom stereocenters. The van der Waals surface area contributed by atoms with E-state index in [9.17, 15) is 9.59 Å². The number of esters is 1. The fraction of sp³-hybridized carbons (Fsp3) is 0.200. The molecule has 3 nitrogen and oxygen atoms in total. The van der Waals surface area contributed by atoms with Crippen LogP contribution >= 0.6 is 0 Å². The van der Waals surface area contributed by atoms with Crippen LogP contribution in [0.1, 0.15) is 43.0 Å². The van der Waals surface area contributed by atoms with Crippen molar-refractivity contribution >= 4 is 17.8 Å². The lowest BCUT2D eigenvalue weighted by Crippen LogP contribution is -2.04. The van der Waals surface area contributed by atoms with Crippen LogP contribution in [-0.4, -0.2) is 18.9 Å². The molecule has 0 radical (unpaired) electrons. The van der Waals surface area contributed by atoms with Gasteiger partial charge in [0.25, 0.3) is 0 Å². The van der Waals surface area contributed by atoms with E-state index in [0.29, 0.717) is 23.1 Å². The molecule has 23 heavy (non-hydrogen) atoms. The second-order valence-electron chi connectivity index (χ2n) is 5.80. The molecule has 0 aliphatic heterocycles. The van der Waals surface area contributed by atoms with E-state index < -0.39 is 5.97 Å². The van der Waals surface area contributed by atoms with Crippen molar-refractivity contribution < 1.29 is 14.3 Å². The summed E-state index contributed by atoms with van der Waals surface area (Å²) in [6.07, 6.45) is 2.41. The molecule has 0 amide bonds. The zero-order valence-corrected chi connectivity index (χ0v) is 13.5. The molecule has 0 saturated carbocycles. The van der Waals surface area contributed by atoms with Crippen molar-refractivity contribution in [2.24, 2.45) is 0 Å². The molecule has 3 rings (SSSR count). The summed E-state index contributed by atoms with van der Waals surface area (Å²) >= 11 is 0. The lowest BCUT2D eigenvalue weighted by Gasteiger charge is -2.05. The molecule has 0 atom stereocenters. The van der Waals surface area contributed by atoms with Crippen molar-refractivity contribution in [3.05, 3.63) is 75.4 Å². The number of Topliss-reactive ketones (excluding diaryl/α,β-unsaturated/α-hetero) is 1. The van der Waals surface area contributed by atoms with Gasteiger partial charge in [-0.15, -0.1) is 0 Å². The third kappa shape index (κ3) is 2.59. The number of aryl methyl sites for hydroxylation is 1. The van der Waals surface area contributed by atoms with Gasteiger partial charge in [0, 0.05) is 17.6 Å². The summed E-state index contributed by atoms with van der Waals surface area (Å²) < 4.78 is 4.81. The van der Waals surface area contributed by atoms with Crippen LogP contribution in [0.15, 0.2) is 42.0 Å². The Morgan fingerprint density at radius 3 is 2.61 bits per heavy atom. The van der Waals surface area contributed by atoms with Crippen molar-refractivity contribution in [3.8, 4) is 0 Å². The van der Waals surface area contributed by atoms with Gasteiger partial charge in [-0.25, -0.2) is 4.79 Å². The highest BCUT2D eigenvalue weighted by atomic mass is 16.5. The molecular weight excluding hydrogens is 288 g/mol. The first-order chi connectivity index (χ1) is 11.0. The third-order valence-corrected chi connectivity index (χ3v) is 4.42. The maximum Gasteiger partial charge on any atom is 0.338 e. The van der Waals surface area contributed by atoms with E-state index in [1.165, 1.54) is 7.11 Å². The number of benzene rings is 2. The minimum Gasteiger partial charge on any atom is -0.465 e. The van der Waals surface area contributed by atoms with E-state index in [0.717, 1.165) is 22.3 Å². The summed E-state index contributed by atoms with van der Waals surface area (Å²) in [5.41, 5.74) is 5.92. The zero-order chi connectivity index (χ0) is 16.6. The molecule has 1 aliphatic carbocycles. The first-order valence-corrected chi connectivity index (χ1v) is 7.54. The molecule has 0 fully saturated rings. The Morgan fingerprint density at radius 2 is 1.87 bits per heavy atom. The van der Waals surface area contributed by atoms with E-state index in [1.54, 1.807) is 12.1 Å². The molecule has 0 saturated heterocycles. The molecule has 0 bridgehead atoms. The number of methoxy groups -OCH3 is 1. The van der Waals surface area contributed by atoms with Crippen LogP contribution < -0.4 is 0 Å². The zero-order valence-electron chi connectivity index (χ0n) is 13.5. The molecule has 0 heterocycles. The number of carbonyl (C=O) groups is 2. The fourth-order valence-electron chi connectivity index (χ4n) is 3.00. The topological polar surface area (TPSA) is 43.4 Å². The lowest BCUT2D eigenvalue weighted by molar-refractivity contribution is 0.0600. The van der Waals surface area contributed by atoms with E-state index in [1.807, 2.05) is 44.2 Å². The average molecular weight is 306 g/mol. The molecular formula is C20H18O3. The average Bonchev–Trinajstić information content (AvgIpc) is 2.87. The molecule has 1 aliphatic rings. The van der Waals surface area contributed by atoms with Crippen LogP contribution in [0, 0.1) is 13.8 Å². The van der Waals surface area contributed by atoms with Gasteiger partial charge in [-0.2, -0.15) is 0 Å². The Hall–Kier alpha value is -2.68. The van der Waals surface area contributed by atoms with Crippen LogP contribution in [0.4, 0.5) is 0 Å². The molecule has 2 aromatic carbocycles. The van der Waals surface area contributed by atoms with Gasteiger partial charge < -0.3 is 4.74 Å². The van der Waals surface area contributed by atoms with Crippen LogP contribution in [0.3, 0.4) is 0 Å². The lowest BCUT2D eigenvalue weighted by atomic mass is 9.99. The van der Waals surface area contributed by atoms with E-state index >= 15 is 0 Å². The second kappa shape index (κ2) is 5.84. The maximum atomic E-state index is 12.7. The minimum absolute atomic E-state index is 0.0564.